The van der Waals surface area contributed by atoms with E-state index >= 15 is 0 Å². The number of hydrogen-bond acceptors (Lipinski definition) is 1. The molecule has 0 aliphatic carbocycles. The number of hydrogen-bond donors (Lipinski definition) is 0. The number of para-hydroxylation sites is 1. The molecule has 1 aromatic heterocycles. The Morgan fingerprint density at radius 3 is 2.48 bits per heavy atom. The number of imidazole rings is 1. The predicted molar refractivity (Wildman–Crippen MR) is 91.5 cm³/mol. The second-order valence-corrected chi connectivity index (χ2v) is 6.79. The van der Waals surface area contributed by atoms with Crippen LogP contribution in [0.4, 0.5) is 0 Å². The summed E-state index contributed by atoms with van der Waals surface area (Å²) in [4.78, 5) is 0. The number of thioether (sulfide) groups is 1. The lowest BCUT2D eigenvalue weighted by atomic mass is 10.1. The maximum absolute atomic E-state index is 2.40. The minimum atomic E-state index is 0. The van der Waals surface area contributed by atoms with E-state index in [1.165, 1.54) is 39.8 Å². The Labute approximate surface area is 151 Å². The summed E-state index contributed by atoms with van der Waals surface area (Å²) in [5.74, 6) is 1.20. The molecule has 4 heteroatoms. The first-order valence-electron chi connectivity index (χ1n) is 7.73. The molecular weight excluding hydrogens is 368 g/mol. The maximum atomic E-state index is 2.40. The molecule has 0 amide bonds. The van der Waals surface area contributed by atoms with Gasteiger partial charge in [-0.15, -0.1) is 0 Å². The molecule has 118 valence electrons. The molecule has 3 aromatic rings. The summed E-state index contributed by atoms with van der Waals surface area (Å²) in [5, 5.41) is 1.34. The summed E-state index contributed by atoms with van der Waals surface area (Å²) < 4.78 is 4.80. The molecular formula is C19H19BrN2S. The lowest BCUT2D eigenvalue weighted by Crippen LogP contribution is -3.00. The van der Waals surface area contributed by atoms with E-state index in [9.17, 15) is 0 Å². The van der Waals surface area contributed by atoms with Crippen molar-refractivity contribution in [1.29, 1.82) is 0 Å². The van der Waals surface area contributed by atoms with Crippen LogP contribution >= 0.6 is 11.8 Å². The van der Waals surface area contributed by atoms with Crippen LogP contribution in [0.1, 0.15) is 12.0 Å². The third-order valence-corrected chi connectivity index (χ3v) is 5.26. The van der Waals surface area contributed by atoms with Gasteiger partial charge < -0.3 is 17.0 Å². The highest BCUT2D eigenvalue weighted by Crippen LogP contribution is 2.31. The number of benzene rings is 2. The van der Waals surface area contributed by atoms with Crippen LogP contribution in [0, 0.1) is 6.92 Å². The highest BCUT2D eigenvalue weighted by molar-refractivity contribution is 7.99. The molecule has 0 spiro atoms. The summed E-state index contributed by atoms with van der Waals surface area (Å²) in [6.45, 7) is 3.25. The van der Waals surface area contributed by atoms with Crippen molar-refractivity contribution in [2.24, 2.45) is 0 Å². The van der Waals surface area contributed by atoms with Crippen molar-refractivity contribution < 1.29 is 21.5 Å². The molecule has 2 heterocycles. The van der Waals surface area contributed by atoms with Gasteiger partial charge in [-0.3, -0.25) is 0 Å². The normalized spacial score (nSPS) is 13.3. The van der Waals surface area contributed by atoms with Crippen LogP contribution < -0.4 is 21.5 Å². The van der Waals surface area contributed by atoms with E-state index in [0.29, 0.717) is 0 Å². The maximum Gasteiger partial charge on any atom is 0.323 e. The van der Waals surface area contributed by atoms with Crippen molar-refractivity contribution in [2.45, 2.75) is 25.0 Å². The van der Waals surface area contributed by atoms with Gasteiger partial charge >= 0.3 is 5.16 Å². The SMILES string of the molecule is Cc1ccc(-c2c[n+]3c(n2-c2ccccc2)SCCC3)cc1.[Br-]. The molecule has 0 fully saturated rings. The van der Waals surface area contributed by atoms with E-state index in [0.717, 1.165) is 6.54 Å². The van der Waals surface area contributed by atoms with Gasteiger partial charge in [-0.25, -0.2) is 4.57 Å². The Morgan fingerprint density at radius 2 is 1.74 bits per heavy atom. The monoisotopic (exact) mass is 386 g/mol. The first kappa shape index (κ1) is 16.3. The van der Waals surface area contributed by atoms with Crippen molar-refractivity contribution in [2.75, 3.05) is 5.75 Å². The molecule has 2 aromatic carbocycles. The Kier molecular flexibility index (Phi) is 4.93. The van der Waals surface area contributed by atoms with E-state index in [4.69, 9.17) is 0 Å². The highest BCUT2D eigenvalue weighted by Gasteiger charge is 2.28. The molecule has 0 bridgehead atoms. The average molecular weight is 387 g/mol. The molecule has 1 aliphatic rings. The number of fused-ring (bicyclic) bond motifs is 1. The lowest BCUT2D eigenvalue weighted by Gasteiger charge is -2.09. The smallest absolute Gasteiger partial charge is 0.323 e. The lowest BCUT2D eigenvalue weighted by molar-refractivity contribution is -0.734. The van der Waals surface area contributed by atoms with Gasteiger partial charge in [0.15, 0.2) is 5.69 Å². The summed E-state index contributed by atoms with van der Waals surface area (Å²) in [5.41, 5.74) is 5.09. The van der Waals surface area contributed by atoms with Gasteiger partial charge in [-0.05, 0) is 37.2 Å². The van der Waals surface area contributed by atoms with Crippen molar-refractivity contribution in [3.63, 3.8) is 0 Å². The van der Waals surface area contributed by atoms with Crippen LogP contribution in [-0.2, 0) is 6.54 Å². The second-order valence-electron chi connectivity index (χ2n) is 5.73. The van der Waals surface area contributed by atoms with E-state index in [1.807, 2.05) is 11.8 Å². The van der Waals surface area contributed by atoms with Gasteiger partial charge in [0.05, 0.1) is 6.54 Å². The second kappa shape index (κ2) is 6.93. The van der Waals surface area contributed by atoms with E-state index in [1.54, 1.807) is 0 Å². The fourth-order valence-corrected chi connectivity index (χ4v) is 4.05. The summed E-state index contributed by atoms with van der Waals surface area (Å²) in [7, 11) is 0. The number of halogens is 1. The highest BCUT2D eigenvalue weighted by atomic mass is 79.9. The van der Waals surface area contributed by atoms with Crippen molar-refractivity contribution >= 4 is 11.8 Å². The van der Waals surface area contributed by atoms with Gasteiger partial charge in [0, 0.05) is 11.3 Å². The third-order valence-electron chi connectivity index (χ3n) is 4.09. The summed E-state index contributed by atoms with van der Waals surface area (Å²) in [6, 6.07) is 19.5. The Hall–Kier alpha value is -1.52. The van der Waals surface area contributed by atoms with Gasteiger partial charge in [0.25, 0.3) is 0 Å². The molecule has 4 rings (SSSR count). The van der Waals surface area contributed by atoms with Crippen LogP contribution in [0.3, 0.4) is 0 Å². The van der Waals surface area contributed by atoms with Crippen molar-refractivity contribution in [3.05, 3.63) is 66.4 Å². The topological polar surface area (TPSA) is 8.81 Å². The minimum Gasteiger partial charge on any atom is -1.00 e. The molecule has 0 radical (unpaired) electrons. The number of rotatable bonds is 2. The van der Waals surface area contributed by atoms with Crippen LogP contribution in [0.25, 0.3) is 16.9 Å². The molecule has 23 heavy (non-hydrogen) atoms. The van der Waals surface area contributed by atoms with E-state index in [-0.39, 0.29) is 17.0 Å². The standard InChI is InChI=1S/C19H19N2S.BrH/c1-15-8-10-16(11-9-15)18-14-20-12-5-13-22-19(20)21(18)17-6-3-2-4-7-17;/h2-4,6-11,14H,5,12-13H2,1H3;1H/q+1;/p-1. The summed E-state index contributed by atoms with van der Waals surface area (Å²) >= 11 is 1.95. The molecule has 0 unspecified atom stereocenters. The fourth-order valence-electron chi connectivity index (χ4n) is 2.95. The van der Waals surface area contributed by atoms with Crippen molar-refractivity contribution in [1.82, 2.24) is 4.57 Å². The van der Waals surface area contributed by atoms with Gasteiger partial charge in [0.1, 0.15) is 11.9 Å². The van der Waals surface area contributed by atoms with Crippen LogP contribution in [-0.4, -0.2) is 10.3 Å². The van der Waals surface area contributed by atoms with Crippen LogP contribution in [0.2, 0.25) is 0 Å². The summed E-state index contributed by atoms with van der Waals surface area (Å²) in [6.07, 6.45) is 3.55. The molecule has 2 nitrogen and oxygen atoms in total. The predicted octanol–water partition coefficient (Wildman–Crippen LogP) is 1.24. The van der Waals surface area contributed by atoms with E-state index < -0.39 is 0 Å². The zero-order chi connectivity index (χ0) is 14.9. The largest absolute Gasteiger partial charge is 1.00 e. The first-order chi connectivity index (χ1) is 10.8. The first-order valence-corrected chi connectivity index (χ1v) is 8.72. The molecule has 0 saturated heterocycles. The Bertz CT molecular complexity index is 794. The molecule has 1 aliphatic heterocycles. The van der Waals surface area contributed by atoms with Crippen LogP contribution in [0.5, 0.6) is 0 Å². The van der Waals surface area contributed by atoms with Gasteiger partial charge in [-0.1, -0.05) is 48.0 Å². The third kappa shape index (κ3) is 3.10. The minimum absolute atomic E-state index is 0. The van der Waals surface area contributed by atoms with Crippen LogP contribution in [0.15, 0.2) is 66.0 Å². The Balaban J connectivity index is 0.00000156. The fraction of sp³-hybridized carbons (Fsp3) is 0.211. The Morgan fingerprint density at radius 1 is 1.00 bits per heavy atom. The number of aromatic nitrogens is 2. The van der Waals surface area contributed by atoms with Gasteiger partial charge in [0.2, 0.25) is 0 Å². The van der Waals surface area contributed by atoms with Crippen molar-refractivity contribution in [3.8, 4) is 16.9 Å². The zero-order valence-corrected chi connectivity index (χ0v) is 15.5. The van der Waals surface area contributed by atoms with Gasteiger partial charge in [-0.2, -0.15) is 4.57 Å². The number of aryl methyl sites for hydroxylation is 2. The molecule has 0 N–H and O–H groups in total. The number of nitrogens with zero attached hydrogens (tertiary/aromatic N) is 2. The zero-order valence-electron chi connectivity index (χ0n) is 13.1. The molecule has 0 saturated carbocycles. The molecule has 0 atom stereocenters. The quantitative estimate of drug-likeness (QED) is 0.601. The average Bonchev–Trinajstić information content (AvgIpc) is 2.96. The van der Waals surface area contributed by atoms with E-state index in [2.05, 4.69) is 76.9 Å².